The van der Waals surface area contributed by atoms with Crippen LogP contribution < -0.4 is 5.32 Å². The van der Waals surface area contributed by atoms with Crippen LogP contribution in [0.3, 0.4) is 0 Å². The number of carbonyl (C=O) groups excluding carboxylic acids is 1. The van der Waals surface area contributed by atoms with Gasteiger partial charge in [0, 0.05) is 11.9 Å². The Morgan fingerprint density at radius 2 is 2.40 bits per heavy atom. The van der Waals surface area contributed by atoms with Crippen molar-refractivity contribution in [1.29, 1.82) is 0 Å². The highest BCUT2D eigenvalue weighted by Crippen LogP contribution is 2.13. The summed E-state index contributed by atoms with van der Waals surface area (Å²) in [7, 11) is 0. The van der Waals surface area contributed by atoms with Crippen molar-refractivity contribution in [2.24, 2.45) is 0 Å². The third-order valence-corrected chi connectivity index (χ3v) is 2.44. The van der Waals surface area contributed by atoms with Crippen molar-refractivity contribution in [1.82, 2.24) is 14.6 Å². The Morgan fingerprint density at radius 1 is 1.53 bits per heavy atom. The third kappa shape index (κ3) is 2.48. The SMILES string of the molecule is O=C(Nc1ccnc(Cl)c1)c1cnns1. The molecular weight excluding hydrogens is 236 g/mol. The van der Waals surface area contributed by atoms with Crippen LogP contribution in [0, 0.1) is 0 Å². The van der Waals surface area contributed by atoms with Crippen LogP contribution in [0.5, 0.6) is 0 Å². The standard InChI is InChI=1S/C8H5ClN4OS/c9-7-3-5(1-2-10-7)12-8(14)6-4-11-13-15-6/h1-4H,(H,10,12,14). The fraction of sp³-hybridized carbons (Fsp3) is 0. The molecule has 1 amide bonds. The number of nitrogens with one attached hydrogen (secondary N) is 1. The average Bonchev–Trinajstić information content (AvgIpc) is 2.70. The first-order chi connectivity index (χ1) is 7.25. The normalized spacial score (nSPS) is 9.93. The van der Waals surface area contributed by atoms with E-state index in [1.807, 2.05) is 0 Å². The van der Waals surface area contributed by atoms with E-state index in [0.29, 0.717) is 15.7 Å². The molecule has 0 saturated carbocycles. The Bertz CT molecular complexity index is 473. The highest BCUT2D eigenvalue weighted by atomic mass is 35.5. The summed E-state index contributed by atoms with van der Waals surface area (Å²) in [6, 6.07) is 3.21. The highest BCUT2D eigenvalue weighted by Gasteiger charge is 2.08. The molecule has 0 fully saturated rings. The van der Waals surface area contributed by atoms with Crippen LogP contribution >= 0.6 is 23.1 Å². The lowest BCUT2D eigenvalue weighted by Crippen LogP contribution is -2.10. The molecule has 2 aromatic heterocycles. The fourth-order valence-corrected chi connectivity index (χ4v) is 1.52. The molecule has 0 saturated heterocycles. The summed E-state index contributed by atoms with van der Waals surface area (Å²) in [5.41, 5.74) is 0.591. The molecule has 0 aliphatic heterocycles. The number of amides is 1. The minimum atomic E-state index is -0.257. The molecule has 15 heavy (non-hydrogen) atoms. The molecule has 0 atom stereocenters. The molecule has 5 nitrogen and oxygen atoms in total. The number of anilines is 1. The van der Waals surface area contributed by atoms with E-state index in [4.69, 9.17) is 11.6 Å². The van der Waals surface area contributed by atoms with Crippen molar-refractivity contribution in [3.05, 3.63) is 34.6 Å². The first-order valence-corrected chi connectivity index (χ1v) is 5.11. The van der Waals surface area contributed by atoms with Crippen LogP contribution in [-0.4, -0.2) is 20.5 Å². The van der Waals surface area contributed by atoms with Gasteiger partial charge in [-0.2, -0.15) is 0 Å². The summed E-state index contributed by atoms with van der Waals surface area (Å²) in [6.07, 6.45) is 2.92. The molecule has 0 radical (unpaired) electrons. The quantitative estimate of drug-likeness (QED) is 0.814. The zero-order chi connectivity index (χ0) is 10.7. The van der Waals surface area contributed by atoms with Crippen LogP contribution in [0.1, 0.15) is 9.67 Å². The monoisotopic (exact) mass is 240 g/mol. The van der Waals surface area contributed by atoms with E-state index in [1.54, 1.807) is 12.1 Å². The molecule has 0 unspecified atom stereocenters. The van der Waals surface area contributed by atoms with E-state index in [-0.39, 0.29) is 5.91 Å². The Morgan fingerprint density at radius 3 is 3.07 bits per heavy atom. The molecule has 0 bridgehead atoms. The van der Waals surface area contributed by atoms with Crippen molar-refractivity contribution in [2.45, 2.75) is 0 Å². The largest absolute Gasteiger partial charge is 0.321 e. The lowest BCUT2D eigenvalue weighted by atomic mass is 10.4. The first-order valence-electron chi connectivity index (χ1n) is 3.96. The minimum absolute atomic E-state index is 0.257. The Hall–Kier alpha value is -1.53. The molecule has 76 valence electrons. The summed E-state index contributed by atoms with van der Waals surface area (Å²) < 4.78 is 3.59. The second-order valence-electron chi connectivity index (χ2n) is 2.60. The van der Waals surface area contributed by atoms with Gasteiger partial charge in [-0.25, -0.2) is 4.98 Å². The Labute approximate surface area is 94.3 Å². The Kier molecular flexibility index (Phi) is 2.89. The minimum Gasteiger partial charge on any atom is -0.321 e. The van der Waals surface area contributed by atoms with E-state index < -0.39 is 0 Å². The maximum absolute atomic E-state index is 11.5. The van der Waals surface area contributed by atoms with Crippen molar-refractivity contribution in [2.75, 3.05) is 5.32 Å². The molecular formula is C8H5ClN4OS. The van der Waals surface area contributed by atoms with Gasteiger partial charge in [0.15, 0.2) is 0 Å². The van der Waals surface area contributed by atoms with Gasteiger partial charge >= 0.3 is 0 Å². The van der Waals surface area contributed by atoms with Gasteiger partial charge in [-0.3, -0.25) is 4.79 Å². The van der Waals surface area contributed by atoms with Gasteiger partial charge in [0.1, 0.15) is 10.0 Å². The molecule has 0 spiro atoms. The summed E-state index contributed by atoms with van der Waals surface area (Å²) in [6.45, 7) is 0. The van der Waals surface area contributed by atoms with Crippen molar-refractivity contribution in [3.63, 3.8) is 0 Å². The summed E-state index contributed by atoms with van der Waals surface area (Å²) in [4.78, 5) is 15.8. The maximum Gasteiger partial charge on any atom is 0.269 e. The molecule has 2 rings (SSSR count). The van der Waals surface area contributed by atoms with Gasteiger partial charge in [0.2, 0.25) is 0 Å². The fourth-order valence-electron chi connectivity index (χ4n) is 0.940. The molecule has 2 aromatic rings. The number of nitrogens with zero attached hydrogens (tertiary/aromatic N) is 3. The molecule has 2 heterocycles. The van der Waals surface area contributed by atoms with Crippen LogP contribution in [0.2, 0.25) is 5.15 Å². The van der Waals surface area contributed by atoms with Gasteiger partial charge in [0.05, 0.1) is 6.20 Å². The lowest BCUT2D eigenvalue weighted by Gasteiger charge is -2.01. The maximum atomic E-state index is 11.5. The van der Waals surface area contributed by atoms with Gasteiger partial charge in [0.25, 0.3) is 5.91 Å². The first kappa shape index (κ1) is 10.0. The highest BCUT2D eigenvalue weighted by molar-refractivity contribution is 7.07. The predicted octanol–water partition coefficient (Wildman–Crippen LogP) is 1.84. The number of hydrogen-bond donors (Lipinski definition) is 1. The van der Waals surface area contributed by atoms with Crippen molar-refractivity contribution in [3.8, 4) is 0 Å². The van der Waals surface area contributed by atoms with Crippen molar-refractivity contribution < 1.29 is 4.79 Å². The van der Waals surface area contributed by atoms with Gasteiger partial charge in [-0.15, -0.1) is 5.10 Å². The van der Waals surface area contributed by atoms with Crippen LogP contribution in [0.4, 0.5) is 5.69 Å². The topological polar surface area (TPSA) is 67.8 Å². The van der Waals surface area contributed by atoms with Gasteiger partial charge in [-0.05, 0) is 23.7 Å². The number of pyridine rings is 1. The second kappa shape index (κ2) is 4.33. The summed E-state index contributed by atoms with van der Waals surface area (Å²) in [5, 5.41) is 6.55. The molecule has 1 N–H and O–H groups in total. The Balaban J connectivity index is 2.13. The van der Waals surface area contributed by atoms with E-state index in [0.717, 1.165) is 11.5 Å². The molecule has 0 aromatic carbocycles. The van der Waals surface area contributed by atoms with Gasteiger partial charge < -0.3 is 5.32 Å². The smallest absolute Gasteiger partial charge is 0.269 e. The van der Waals surface area contributed by atoms with E-state index in [2.05, 4.69) is 19.9 Å². The van der Waals surface area contributed by atoms with E-state index in [1.165, 1.54) is 12.4 Å². The van der Waals surface area contributed by atoms with Crippen LogP contribution in [0.25, 0.3) is 0 Å². The van der Waals surface area contributed by atoms with Crippen molar-refractivity contribution >= 4 is 34.7 Å². The number of aromatic nitrogens is 3. The summed E-state index contributed by atoms with van der Waals surface area (Å²) in [5.74, 6) is -0.257. The number of hydrogen-bond acceptors (Lipinski definition) is 5. The molecule has 0 aliphatic carbocycles. The van der Waals surface area contributed by atoms with E-state index >= 15 is 0 Å². The summed E-state index contributed by atoms with van der Waals surface area (Å²) >= 11 is 6.70. The number of rotatable bonds is 2. The van der Waals surface area contributed by atoms with Gasteiger partial charge in [-0.1, -0.05) is 16.1 Å². The van der Waals surface area contributed by atoms with E-state index in [9.17, 15) is 4.79 Å². The zero-order valence-corrected chi connectivity index (χ0v) is 8.92. The molecule has 0 aliphatic rings. The van der Waals surface area contributed by atoms with Crippen LogP contribution in [-0.2, 0) is 0 Å². The average molecular weight is 241 g/mol. The number of carbonyl (C=O) groups is 1. The zero-order valence-electron chi connectivity index (χ0n) is 7.35. The number of halogens is 1. The third-order valence-electron chi connectivity index (χ3n) is 1.57. The predicted molar refractivity (Wildman–Crippen MR) is 57.1 cm³/mol. The second-order valence-corrected chi connectivity index (χ2v) is 3.78. The molecule has 7 heteroatoms. The van der Waals surface area contributed by atoms with Crippen LogP contribution in [0.15, 0.2) is 24.5 Å². The lowest BCUT2D eigenvalue weighted by molar-refractivity contribution is 0.103.